The van der Waals surface area contributed by atoms with Crippen LogP contribution in [-0.2, 0) is 33.7 Å². The van der Waals surface area contributed by atoms with Gasteiger partial charge in [-0.05, 0) is 98.0 Å². The van der Waals surface area contributed by atoms with Crippen molar-refractivity contribution in [2.75, 3.05) is 40.1 Å². The van der Waals surface area contributed by atoms with E-state index < -0.39 is 11.9 Å². The van der Waals surface area contributed by atoms with Crippen LogP contribution in [0.15, 0.2) is 48.5 Å². The Labute approximate surface area is 308 Å². The first-order valence-corrected chi connectivity index (χ1v) is 18.2. The second-order valence-corrected chi connectivity index (χ2v) is 14.3. The number of amides is 1. The average Bonchev–Trinajstić information content (AvgIpc) is 4.02. The Morgan fingerprint density at radius 1 is 0.960 bits per heavy atom. The Bertz CT molecular complexity index is 1610. The van der Waals surface area contributed by atoms with Gasteiger partial charge in [0, 0.05) is 38.8 Å². The molecule has 0 aliphatic heterocycles. The van der Waals surface area contributed by atoms with Gasteiger partial charge < -0.3 is 34.7 Å². The topological polar surface area (TPSA) is 121 Å². The lowest BCUT2D eigenvalue weighted by atomic mass is 9.97. The number of nitrogens with two attached hydrogens (primary N) is 1. The van der Waals surface area contributed by atoms with Crippen LogP contribution in [-0.4, -0.2) is 68.0 Å². The number of rotatable bonds is 20. The number of benzene rings is 3. The van der Waals surface area contributed by atoms with Crippen LogP contribution in [0.3, 0.4) is 0 Å². The summed E-state index contributed by atoms with van der Waals surface area (Å²) in [4.78, 5) is 27.3. The van der Waals surface area contributed by atoms with Crippen molar-refractivity contribution in [1.29, 1.82) is 0 Å². The number of hydrogen-bond donors (Lipinski definition) is 2. The van der Waals surface area contributed by atoms with Gasteiger partial charge in [-0.1, -0.05) is 53.0 Å². The van der Waals surface area contributed by atoms with Crippen LogP contribution in [0.5, 0.6) is 17.2 Å². The second-order valence-electron chi connectivity index (χ2n) is 13.1. The molecule has 5 rings (SSSR count). The number of carbonyl (C=O) groups excluding carboxylic acids is 1. The van der Waals surface area contributed by atoms with E-state index in [-0.39, 0.29) is 43.5 Å². The van der Waals surface area contributed by atoms with Crippen molar-refractivity contribution in [3.05, 3.63) is 85.9 Å². The zero-order valence-electron chi connectivity index (χ0n) is 28.5. The lowest BCUT2D eigenvalue weighted by molar-refractivity contribution is -0.139. The van der Waals surface area contributed by atoms with E-state index in [2.05, 4.69) is 0 Å². The van der Waals surface area contributed by atoms with Gasteiger partial charge in [-0.2, -0.15) is 0 Å². The average molecular weight is 748 g/mol. The normalized spacial score (nSPS) is 17.2. The minimum Gasteiger partial charge on any atom is -0.492 e. The van der Waals surface area contributed by atoms with Gasteiger partial charge >= 0.3 is 5.97 Å². The van der Waals surface area contributed by atoms with Gasteiger partial charge in [0.15, 0.2) is 5.75 Å². The Morgan fingerprint density at radius 2 is 1.66 bits per heavy atom. The van der Waals surface area contributed by atoms with Gasteiger partial charge in [0.05, 0.1) is 33.5 Å². The summed E-state index contributed by atoms with van der Waals surface area (Å²) in [5, 5.41) is 10.7. The molecule has 50 heavy (non-hydrogen) atoms. The largest absolute Gasteiger partial charge is 0.492 e. The Morgan fingerprint density at radius 3 is 2.28 bits per heavy atom. The maximum Gasteiger partial charge on any atom is 0.306 e. The highest BCUT2D eigenvalue weighted by Crippen LogP contribution is 2.41. The van der Waals surface area contributed by atoms with E-state index in [9.17, 15) is 14.7 Å². The summed E-state index contributed by atoms with van der Waals surface area (Å²) >= 11 is 19.4. The number of carboxylic acid groups (broad SMARTS) is 1. The van der Waals surface area contributed by atoms with E-state index in [1.807, 2.05) is 48.2 Å². The molecule has 12 heteroatoms. The SMILES string of the molecule is COCCCc1cc(CN(C(=O)C(CN)Cc2ccc(OCCOc3c(Cl)cc(C)cc3Cl)cc2)C2CC2)c(Cl)c(OCC2CC2C(=O)O)c1. The predicted molar refractivity (Wildman–Crippen MR) is 195 cm³/mol. The van der Waals surface area contributed by atoms with Crippen LogP contribution in [0.1, 0.15) is 47.9 Å². The zero-order chi connectivity index (χ0) is 35.8. The molecule has 3 unspecified atom stereocenters. The molecule has 0 spiro atoms. The summed E-state index contributed by atoms with van der Waals surface area (Å²) in [6.45, 7) is 3.91. The van der Waals surface area contributed by atoms with Gasteiger partial charge in [0.1, 0.15) is 24.7 Å². The van der Waals surface area contributed by atoms with Crippen molar-refractivity contribution >= 4 is 46.7 Å². The molecule has 2 aliphatic carbocycles. The number of carbonyl (C=O) groups is 2. The molecule has 0 radical (unpaired) electrons. The van der Waals surface area contributed by atoms with Crippen LogP contribution in [0, 0.1) is 24.7 Å². The monoisotopic (exact) mass is 746 g/mol. The van der Waals surface area contributed by atoms with Gasteiger partial charge in [0.2, 0.25) is 5.91 Å². The number of aryl methyl sites for hydroxylation is 2. The van der Waals surface area contributed by atoms with Crippen molar-refractivity contribution in [3.8, 4) is 17.2 Å². The van der Waals surface area contributed by atoms with E-state index in [1.165, 1.54) is 0 Å². The van der Waals surface area contributed by atoms with Gasteiger partial charge in [-0.3, -0.25) is 9.59 Å². The number of ether oxygens (including phenoxy) is 4. The third kappa shape index (κ3) is 10.4. The van der Waals surface area contributed by atoms with Crippen LogP contribution in [0.4, 0.5) is 0 Å². The standard InChI is InChI=1S/C38H45Cl3N2O7/c1-23-14-32(39)36(33(40)15-23)49-13-12-48-30-9-5-24(6-10-30)16-26(20-42)37(44)43(29-7-8-29)21-27-17-25(4-3-11-47-2)18-34(35(27)41)50-22-28-19-31(28)38(45)46/h5-6,9-10,14-15,17-18,26,28-29,31H,3-4,7-8,11-13,16,19-22,42H2,1-2H3,(H,45,46). The lowest BCUT2D eigenvalue weighted by Crippen LogP contribution is -2.41. The highest BCUT2D eigenvalue weighted by atomic mass is 35.5. The van der Waals surface area contributed by atoms with E-state index >= 15 is 0 Å². The summed E-state index contributed by atoms with van der Waals surface area (Å²) in [7, 11) is 1.67. The molecule has 3 N–H and O–H groups in total. The quantitative estimate of drug-likeness (QED) is 0.115. The number of hydrogen-bond acceptors (Lipinski definition) is 7. The predicted octanol–water partition coefficient (Wildman–Crippen LogP) is 7.40. The van der Waals surface area contributed by atoms with Crippen molar-refractivity contribution < 1.29 is 33.6 Å². The fourth-order valence-corrected chi connectivity index (χ4v) is 6.96. The van der Waals surface area contributed by atoms with Gasteiger partial charge in [-0.15, -0.1) is 0 Å². The smallest absolute Gasteiger partial charge is 0.306 e. The summed E-state index contributed by atoms with van der Waals surface area (Å²) in [6, 6.07) is 15.3. The number of nitrogens with zero attached hydrogens (tertiary/aromatic N) is 1. The highest BCUT2D eigenvalue weighted by Gasteiger charge is 2.44. The number of carboxylic acids is 1. The minimum atomic E-state index is -0.798. The van der Waals surface area contributed by atoms with Crippen LogP contribution in [0.2, 0.25) is 15.1 Å². The highest BCUT2D eigenvalue weighted by molar-refractivity contribution is 6.37. The Kier molecular flexibility index (Phi) is 13.6. The summed E-state index contributed by atoms with van der Waals surface area (Å²) in [6.07, 6.45) is 4.50. The molecule has 270 valence electrons. The molecular formula is C38H45Cl3N2O7. The van der Waals surface area contributed by atoms with Gasteiger partial charge in [-0.25, -0.2) is 0 Å². The van der Waals surface area contributed by atoms with Crippen LogP contribution < -0.4 is 19.9 Å². The third-order valence-electron chi connectivity index (χ3n) is 9.07. The number of methoxy groups -OCH3 is 1. The fourth-order valence-electron chi connectivity index (χ4n) is 6.03. The first kappa shape index (κ1) is 38.0. The van der Waals surface area contributed by atoms with Gasteiger partial charge in [0.25, 0.3) is 0 Å². The maximum absolute atomic E-state index is 14.0. The molecule has 0 heterocycles. The van der Waals surface area contributed by atoms with E-state index in [0.29, 0.717) is 64.9 Å². The number of halogens is 3. The van der Waals surface area contributed by atoms with Crippen molar-refractivity contribution in [2.45, 2.75) is 58.0 Å². The molecule has 0 bridgehead atoms. The molecule has 3 atom stereocenters. The Balaban J connectivity index is 1.20. The van der Waals surface area contributed by atoms with E-state index in [4.69, 9.17) is 59.5 Å². The molecule has 0 saturated heterocycles. The third-order valence-corrected chi connectivity index (χ3v) is 10.1. The molecule has 2 fully saturated rings. The summed E-state index contributed by atoms with van der Waals surface area (Å²) in [5.41, 5.74) is 9.96. The summed E-state index contributed by atoms with van der Waals surface area (Å²) < 4.78 is 22.9. The van der Waals surface area contributed by atoms with Crippen molar-refractivity contribution in [1.82, 2.24) is 4.90 Å². The van der Waals surface area contributed by atoms with E-state index in [1.54, 1.807) is 19.2 Å². The number of aliphatic carboxylic acids is 1. The molecule has 9 nitrogen and oxygen atoms in total. The van der Waals surface area contributed by atoms with Crippen LogP contribution in [0.25, 0.3) is 0 Å². The maximum atomic E-state index is 14.0. The molecular weight excluding hydrogens is 703 g/mol. The molecule has 0 aromatic heterocycles. The first-order chi connectivity index (χ1) is 24.1. The molecule has 3 aromatic carbocycles. The fraction of sp³-hybridized carbons (Fsp3) is 0.474. The molecule has 2 aliphatic rings. The zero-order valence-corrected chi connectivity index (χ0v) is 30.7. The van der Waals surface area contributed by atoms with E-state index in [0.717, 1.165) is 47.9 Å². The van der Waals surface area contributed by atoms with Crippen LogP contribution >= 0.6 is 34.8 Å². The summed E-state index contributed by atoms with van der Waals surface area (Å²) in [5.74, 6) is 0.000849. The first-order valence-electron chi connectivity index (χ1n) is 17.0. The minimum absolute atomic E-state index is 0.00787. The second kappa shape index (κ2) is 17.8. The molecule has 1 amide bonds. The van der Waals surface area contributed by atoms with Crippen molar-refractivity contribution in [2.24, 2.45) is 23.5 Å². The van der Waals surface area contributed by atoms with Crippen molar-refractivity contribution in [3.63, 3.8) is 0 Å². The molecule has 3 aromatic rings. The molecule has 2 saturated carbocycles. The lowest BCUT2D eigenvalue weighted by Gasteiger charge is -2.28. The Hall–Kier alpha value is -3.21.